The zero-order chi connectivity index (χ0) is 6.69. The van der Waals surface area contributed by atoms with Gasteiger partial charge in [0, 0.05) is 5.38 Å². The van der Waals surface area contributed by atoms with Crippen molar-refractivity contribution >= 4 is 11.6 Å². The van der Waals surface area contributed by atoms with Crippen LogP contribution in [-0.2, 0) is 0 Å². The van der Waals surface area contributed by atoms with Crippen molar-refractivity contribution in [3.8, 4) is 0 Å². The van der Waals surface area contributed by atoms with Gasteiger partial charge < -0.3 is 0 Å². The van der Waals surface area contributed by atoms with Crippen molar-refractivity contribution in [1.82, 2.24) is 0 Å². The highest BCUT2D eigenvalue weighted by Gasteiger charge is 2.19. The molecule has 2 atom stereocenters. The molecule has 0 radical (unpaired) electrons. The second kappa shape index (κ2) is 3.16. The molecule has 9 heavy (non-hydrogen) atoms. The van der Waals surface area contributed by atoms with Crippen LogP contribution in [0.2, 0.25) is 0 Å². The van der Waals surface area contributed by atoms with Crippen LogP contribution in [-0.4, -0.2) is 11.4 Å². The fourth-order valence-electron chi connectivity index (χ4n) is 1.20. The molecule has 2 nitrogen and oxygen atoms in total. The molecule has 0 aromatic carbocycles. The van der Waals surface area contributed by atoms with Crippen LogP contribution < -0.4 is 0 Å². The zero-order valence-corrected chi connectivity index (χ0v) is 5.97. The maximum absolute atomic E-state index is 10.00. The van der Waals surface area contributed by atoms with E-state index in [-0.39, 0.29) is 11.4 Å². The molecule has 0 aromatic rings. The molecule has 1 saturated carbocycles. The highest BCUT2D eigenvalue weighted by molar-refractivity contribution is 6.20. The minimum Gasteiger partial charge on any atom is -0.151 e. The van der Waals surface area contributed by atoms with Crippen LogP contribution in [0, 0.1) is 4.91 Å². The number of alkyl halides is 1. The van der Waals surface area contributed by atoms with Gasteiger partial charge in [-0.15, -0.1) is 11.6 Å². The minimum absolute atomic E-state index is 0.00116. The first-order chi connectivity index (χ1) is 4.33. The molecular weight excluding hydrogens is 138 g/mol. The van der Waals surface area contributed by atoms with Crippen molar-refractivity contribution < 1.29 is 0 Å². The molecule has 0 heterocycles. The number of hydrogen-bond donors (Lipinski definition) is 0. The van der Waals surface area contributed by atoms with Gasteiger partial charge in [0.2, 0.25) is 0 Å². The molecule has 0 unspecified atom stereocenters. The summed E-state index contributed by atoms with van der Waals surface area (Å²) in [6.07, 6.45) is 3.83. The Hall–Kier alpha value is -0.110. The third-order valence-corrected chi connectivity index (χ3v) is 2.13. The standard InChI is InChI=1S/C6H10ClNO/c7-5-2-1-3-6(4-5)8-9/h5-6H,1-4H2/t5-,6-/m1/s1. The van der Waals surface area contributed by atoms with Crippen LogP contribution in [0.15, 0.2) is 5.18 Å². The summed E-state index contributed by atoms with van der Waals surface area (Å²) in [7, 11) is 0. The molecule has 1 aliphatic carbocycles. The van der Waals surface area contributed by atoms with Crippen LogP contribution in [0.3, 0.4) is 0 Å². The van der Waals surface area contributed by atoms with E-state index in [0.717, 1.165) is 25.7 Å². The molecular formula is C6H10ClNO. The van der Waals surface area contributed by atoms with E-state index in [1.165, 1.54) is 0 Å². The van der Waals surface area contributed by atoms with Crippen molar-refractivity contribution in [2.45, 2.75) is 37.1 Å². The molecule has 0 aromatic heterocycles. The molecule has 3 heteroatoms. The van der Waals surface area contributed by atoms with E-state index in [9.17, 15) is 4.91 Å². The van der Waals surface area contributed by atoms with E-state index in [4.69, 9.17) is 11.6 Å². The van der Waals surface area contributed by atoms with Crippen LogP contribution >= 0.6 is 11.6 Å². The highest BCUT2D eigenvalue weighted by atomic mass is 35.5. The van der Waals surface area contributed by atoms with Crippen LogP contribution in [0.5, 0.6) is 0 Å². The van der Waals surface area contributed by atoms with Crippen LogP contribution in [0.4, 0.5) is 0 Å². The largest absolute Gasteiger partial charge is 0.151 e. The monoisotopic (exact) mass is 147 g/mol. The fourth-order valence-corrected chi connectivity index (χ4v) is 1.56. The van der Waals surface area contributed by atoms with Crippen molar-refractivity contribution in [2.24, 2.45) is 5.18 Å². The summed E-state index contributed by atoms with van der Waals surface area (Å²) in [5, 5.41) is 3.16. The first-order valence-corrected chi connectivity index (χ1v) is 3.73. The van der Waals surface area contributed by atoms with Crippen LogP contribution in [0.1, 0.15) is 25.7 Å². The molecule has 0 aliphatic heterocycles. The Morgan fingerprint density at radius 2 is 2.22 bits per heavy atom. The predicted molar refractivity (Wildman–Crippen MR) is 37.7 cm³/mol. The fraction of sp³-hybridized carbons (Fsp3) is 1.00. The molecule has 1 rings (SSSR count). The lowest BCUT2D eigenvalue weighted by atomic mass is 9.96. The van der Waals surface area contributed by atoms with Gasteiger partial charge in [-0.3, -0.25) is 0 Å². The third-order valence-electron chi connectivity index (χ3n) is 1.73. The maximum Gasteiger partial charge on any atom is 0.0933 e. The van der Waals surface area contributed by atoms with E-state index in [1.807, 2.05) is 0 Å². The number of nitroso groups, excluding NO2 is 1. The lowest BCUT2D eigenvalue weighted by Crippen LogP contribution is -2.17. The Morgan fingerprint density at radius 3 is 2.67 bits per heavy atom. The summed E-state index contributed by atoms with van der Waals surface area (Å²) < 4.78 is 0. The van der Waals surface area contributed by atoms with E-state index < -0.39 is 0 Å². The summed E-state index contributed by atoms with van der Waals surface area (Å²) in [6.45, 7) is 0. The number of halogens is 1. The molecule has 0 amide bonds. The molecule has 52 valence electrons. The maximum atomic E-state index is 10.00. The Kier molecular flexibility index (Phi) is 2.46. The van der Waals surface area contributed by atoms with Gasteiger partial charge in [-0.2, -0.15) is 4.91 Å². The van der Waals surface area contributed by atoms with Crippen LogP contribution in [0.25, 0.3) is 0 Å². The Balaban J connectivity index is 2.31. The van der Waals surface area contributed by atoms with Gasteiger partial charge in [-0.25, -0.2) is 0 Å². The normalized spacial score (nSPS) is 36.1. The van der Waals surface area contributed by atoms with Crippen molar-refractivity contribution in [1.29, 1.82) is 0 Å². The zero-order valence-electron chi connectivity index (χ0n) is 5.22. The highest BCUT2D eigenvalue weighted by Crippen LogP contribution is 2.24. The molecule has 0 bridgehead atoms. The number of hydrogen-bond acceptors (Lipinski definition) is 2. The van der Waals surface area contributed by atoms with Gasteiger partial charge in [-0.1, -0.05) is 5.18 Å². The number of nitrogens with zero attached hydrogens (tertiary/aromatic N) is 1. The quantitative estimate of drug-likeness (QED) is 0.414. The van der Waals surface area contributed by atoms with Crippen molar-refractivity contribution in [3.05, 3.63) is 4.91 Å². The van der Waals surface area contributed by atoms with Gasteiger partial charge in [0.1, 0.15) is 0 Å². The molecule has 0 saturated heterocycles. The lowest BCUT2D eigenvalue weighted by molar-refractivity contribution is 0.447. The average Bonchev–Trinajstić information content (AvgIpc) is 1.88. The summed E-state index contributed by atoms with van der Waals surface area (Å²) >= 11 is 5.79. The summed E-state index contributed by atoms with van der Waals surface area (Å²) in [5.41, 5.74) is 0. The smallest absolute Gasteiger partial charge is 0.0933 e. The SMILES string of the molecule is O=N[C@@H]1CCC[C@@H](Cl)C1. The summed E-state index contributed by atoms with van der Waals surface area (Å²) in [5.74, 6) is 0. The Morgan fingerprint density at radius 1 is 1.44 bits per heavy atom. The predicted octanol–water partition coefficient (Wildman–Crippen LogP) is 2.30. The Labute approximate surface area is 59.6 Å². The topological polar surface area (TPSA) is 29.4 Å². The minimum atomic E-state index is 0.00116. The lowest BCUT2D eigenvalue weighted by Gasteiger charge is -2.18. The van der Waals surface area contributed by atoms with E-state index >= 15 is 0 Å². The van der Waals surface area contributed by atoms with Gasteiger partial charge in [0.15, 0.2) is 0 Å². The molecule has 1 fully saturated rings. The second-order valence-corrected chi connectivity index (χ2v) is 3.14. The third kappa shape index (κ3) is 1.94. The Bertz CT molecular complexity index is 107. The molecule has 0 N–H and O–H groups in total. The van der Waals surface area contributed by atoms with Crippen molar-refractivity contribution in [2.75, 3.05) is 0 Å². The first kappa shape index (κ1) is 7.00. The molecule has 1 aliphatic rings. The van der Waals surface area contributed by atoms with Gasteiger partial charge in [-0.05, 0) is 25.7 Å². The van der Waals surface area contributed by atoms with E-state index in [2.05, 4.69) is 5.18 Å². The molecule has 0 spiro atoms. The van der Waals surface area contributed by atoms with E-state index in [0.29, 0.717) is 0 Å². The van der Waals surface area contributed by atoms with Crippen molar-refractivity contribution in [3.63, 3.8) is 0 Å². The summed E-state index contributed by atoms with van der Waals surface area (Å²) in [4.78, 5) is 10.00. The van der Waals surface area contributed by atoms with Gasteiger partial charge >= 0.3 is 0 Å². The number of rotatable bonds is 1. The van der Waals surface area contributed by atoms with Gasteiger partial charge in [0.05, 0.1) is 6.04 Å². The van der Waals surface area contributed by atoms with E-state index in [1.54, 1.807) is 0 Å². The van der Waals surface area contributed by atoms with Gasteiger partial charge in [0.25, 0.3) is 0 Å². The summed E-state index contributed by atoms with van der Waals surface area (Å²) in [6, 6.07) is 0.00116. The second-order valence-electron chi connectivity index (χ2n) is 2.52. The average molecular weight is 148 g/mol. The first-order valence-electron chi connectivity index (χ1n) is 3.29.